The summed E-state index contributed by atoms with van der Waals surface area (Å²) in [6, 6.07) is 4.38. The topological polar surface area (TPSA) is 127 Å². The van der Waals surface area contributed by atoms with Crippen molar-refractivity contribution in [3.8, 4) is 11.5 Å². The molecule has 14 heteroatoms. The Balaban J connectivity index is 1.75. The lowest BCUT2D eigenvalue weighted by Gasteiger charge is -2.43. The Labute approximate surface area is 246 Å². The van der Waals surface area contributed by atoms with E-state index in [0.29, 0.717) is 49.2 Å². The van der Waals surface area contributed by atoms with Gasteiger partial charge in [0.15, 0.2) is 17.3 Å². The van der Waals surface area contributed by atoms with E-state index in [9.17, 15) is 42.8 Å². The number of carboxylic acid groups (broad SMARTS) is 1. The van der Waals surface area contributed by atoms with Crippen molar-refractivity contribution in [3.05, 3.63) is 84.2 Å². The third-order valence-electron chi connectivity index (χ3n) is 7.42. The van der Waals surface area contributed by atoms with Crippen LogP contribution >= 0.6 is 23.2 Å². The second-order valence-corrected chi connectivity index (χ2v) is 10.9. The highest BCUT2D eigenvalue weighted by atomic mass is 35.5. The fourth-order valence-corrected chi connectivity index (χ4v) is 6.34. The van der Waals surface area contributed by atoms with E-state index in [1.807, 2.05) is 0 Å². The smallest absolute Gasteiger partial charge is 0.416 e. The molecule has 0 fully saturated rings. The number of hydrogen-bond donors (Lipinski definition) is 1. The van der Waals surface area contributed by atoms with Crippen LogP contribution in [0.4, 0.5) is 18.9 Å². The lowest BCUT2D eigenvalue weighted by molar-refractivity contribution is -0.385. The van der Waals surface area contributed by atoms with Crippen LogP contribution in [0.2, 0.25) is 10.0 Å². The van der Waals surface area contributed by atoms with Gasteiger partial charge in [0.25, 0.3) is 0 Å². The van der Waals surface area contributed by atoms with Gasteiger partial charge >= 0.3 is 17.8 Å². The van der Waals surface area contributed by atoms with Gasteiger partial charge in [-0.05, 0) is 49.9 Å². The number of ketones is 2. The number of carbonyl (C=O) groups is 3. The Morgan fingerprint density at radius 2 is 1.62 bits per heavy atom. The van der Waals surface area contributed by atoms with Crippen molar-refractivity contribution >= 4 is 46.4 Å². The largest absolute Gasteiger partial charge is 0.480 e. The van der Waals surface area contributed by atoms with Crippen molar-refractivity contribution in [1.29, 1.82) is 0 Å². The number of hydrogen-bond acceptors (Lipinski definition) is 7. The molecular formula is C28H21Cl2F3N2O7. The normalized spacial score (nSPS) is 17.8. The minimum Gasteiger partial charge on any atom is -0.480 e. The quantitative estimate of drug-likeness (QED) is 0.264. The van der Waals surface area contributed by atoms with Crippen LogP contribution in [0.15, 0.2) is 52.9 Å². The molecule has 0 unspecified atom stereocenters. The monoisotopic (exact) mass is 624 g/mol. The second kappa shape index (κ2) is 11.1. The fourth-order valence-electron chi connectivity index (χ4n) is 5.79. The summed E-state index contributed by atoms with van der Waals surface area (Å²) >= 11 is 12.9. The zero-order valence-electron chi connectivity index (χ0n) is 21.6. The predicted octanol–water partition coefficient (Wildman–Crippen LogP) is 7.21. The maximum absolute atomic E-state index is 13.5. The number of aliphatic carboxylic acids is 1. The molecule has 0 saturated heterocycles. The van der Waals surface area contributed by atoms with Crippen LogP contribution in [-0.2, 0) is 20.6 Å². The van der Waals surface area contributed by atoms with Crippen LogP contribution in [0.1, 0.15) is 55.6 Å². The summed E-state index contributed by atoms with van der Waals surface area (Å²) in [6.45, 7) is -0.470. The Bertz CT molecular complexity index is 1570. The van der Waals surface area contributed by atoms with Crippen LogP contribution in [0.25, 0.3) is 0 Å². The molecule has 0 spiro atoms. The molecule has 3 aliphatic rings. The molecular weight excluding hydrogens is 604 g/mol. The van der Waals surface area contributed by atoms with Crippen LogP contribution < -0.4 is 4.74 Å². The summed E-state index contributed by atoms with van der Waals surface area (Å²) in [7, 11) is 0. The summed E-state index contributed by atoms with van der Waals surface area (Å²) in [5, 5.41) is 21.3. The van der Waals surface area contributed by atoms with Gasteiger partial charge in [0.05, 0.1) is 15.5 Å². The van der Waals surface area contributed by atoms with Gasteiger partial charge in [0, 0.05) is 58.0 Å². The van der Waals surface area contributed by atoms with Crippen molar-refractivity contribution in [3.63, 3.8) is 0 Å². The van der Waals surface area contributed by atoms with E-state index < -0.39 is 46.5 Å². The van der Waals surface area contributed by atoms with E-state index in [0.717, 1.165) is 6.07 Å². The number of nitro groups is 1. The van der Waals surface area contributed by atoms with Gasteiger partial charge in [-0.1, -0.05) is 23.2 Å². The van der Waals surface area contributed by atoms with E-state index in [1.54, 1.807) is 0 Å². The Morgan fingerprint density at radius 3 is 2.14 bits per heavy atom. The summed E-state index contributed by atoms with van der Waals surface area (Å²) in [6.07, 6.45) is -2.99. The highest BCUT2D eigenvalue weighted by Gasteiger charge is 2.45. The van der Waals surface area contributed by atoms with Gasteiger partial charge < -0.3 is 14.7 Å². The second-order valence-electron chi connectivity index (χ2n) is 10.0. The highest BCUT2D eigenvalue weighted by molar-refractivity contribution is 6.35. The third-order valence-corrected chi connectivity index (χ3v) is 7.92. The predicted molar refractivity (Wildman–Crippen MR) is 143 cm³/mol. The first-order chi connectivity index (χ1) is 19.8. The third kappa shape index (κ3) is 5.36. The Hall–Kier alpha value is -3.90. The van der Waals surface area contributed by atoms with Gasteiger partial charge in [-0.15, -0.1) is 0 Å². The number of ether oxygens (including phenoxy) is 1. The summed E-state index contributed by atoms with van der Waals surface area (Å²) in [5.74, 6) is -3.72. The standard InChI is InChI=1S/C28H21Cl2F3N2O7/c29-14-10-15(27(16(30)11-14)42-22-8-7-13(28(31,32)33)9-19(22)35(40)41)24-25-17(3-1-5-20(25)36)34(12-23(38)39)18-4-2-6-21(37)26(18)24/h7-11,24H,1-6,12H2,(H,38,39). The highest BCUT2D eigenvalue weighted by Crippen LogP contribution is 2.53. The molecule has 1 aliphatic heterocycles. The maximum Gasteiger partial charge on any atom is 0.416 e. The Morgan fingerprint density at radius 1 is 1.02 bits per heavy atom. The molecule has 2 aliphatic carbocycles. The first-order valence-corrected chi connectivity index (χ1v) is 13.6. The molecule has 9 nitrogen and oxygen atoms in total. The average Bonchev–Trinajstić information content (AvgIpc) is 2.90. The number of carbonyl (C=O) groups excluding carboxylic acids is 2. The maximum atomic E-state index is 13.5. The van der Waals surface area contributed by atoms with Gasteiger partial charge in [-0.25, -0.2) is 0 Å². The number of nitro benzene ring substituents is 1. The van der Waals surface area contributed by atoms with Crippen LogP contribution in [0.3, 0.4) is 0 Å². The number of rotatable bonds is 6. The molecule has 1 N–H and O–H groups in total. The van der Waals surface area contributed by atoms with Gasteiger partial charge in [0.1, 0.15) is 6.54 Å². The molecule has 220 valence electrons. The molecule has 0 saturated carbocycles. The van der Waals surface area contributed by atoms with E-state index in [-0.39, 0.29) is 56.9 Å². The van der Waals surface area contributed by atoms with Gasteiger partial charge in [0.2, 0.25) is 5.75 Å². The van der Waals surface area contributed by atoms with Crippen molar-refractivity contribution in [2.45, 2.75) is 50.6 Å². The molecule has 2 aromatic carbocycles. The fraction of sp³-hybridized carbons (Fsp3) is 0.321. The lowest BCUT2D eigenvalue weighted by Crippen LogP contribution is -2.41. The lowest BCUT2D eigenvalue weighted by atomic mass is 9.70. The van der Waals surface area contributed by atoms with E-state index in [4.69, 9.17) is 27.9 Å². The molecule has 0 bridgehead atoms. The van der Waals surface area contributed by atoms with E-state index in [1.165, 1.54) is 17.0 Å². The number of benzene rings is 2. The molecule has 5 rings (SSSR count). The number of Topliss-reactive ketones (excluding diaryl/α,β-unsaturated/α-hetero) is 2. The zero-order valence-corrected chi connectivity index (χ0v) is 23.1. The first-order valence-electron chi connectivity index (χ1n) is 12.8. The molecule has 0 radical (unpaired) electrons. The summed E-state index contributed by atoms with van der Waals surface area (Å²) < 4.78 is 45.7. The van der Waals surface area contributed by atoms with Crippen molar-refractivity contribution < 1.29 is 42.3 Å². The van der Waals surface area contributed by atoms with Gasteiger partial charge in [-0.3, -0.25) is 24.5 Å². The number of halogens is 5. The number of carboxylic acids is 1. The van der Waals surface area contributed by atoms with Crippen LogP contribution in [0.5, 0.6) is 11.5 Å². The van der Waals surface area contributed by atoms with Crippen molar-refractivity contribution in [2.24, 2.45) is 0 Å². The zero-order chi connectivity index (χ0) is 30.5. The van der Waals surface area contributed by atoms with E-state index >= 15 is 0 Å². The number of alkyl halides is 3. The molecule has 0 atom stereocenters. The molecule has 42 heavy (non-hydrogen) atoms. The minimum absolute atomic E-state index is 0.0769. The average molecular weight is 625 g/mol. The molecule has 0 amide bonds. The molecule has 2 aromatic rings. The summed E-state index contributed by atoms with van der Waals surface area (Å²) in [4.78, 5) is 51.0. The molecule has 1 heterocycles. The SMILES string of the molecule is O=C(O)CN1C2=C(C(=O)CCC2)C(c2cc(Cl)cc(Cl)c2Oc2ccc(C(F)(F)F)cc2[N+](=O)[O-])C2=C1CCCC2=O. The van der Waals surface area contributed by atoms with E-state index in [2.05, 4.69) is 0 Å². The van der Waals surface area contributed by atoms with Crippen LogP contribution in [0, 0.1) is 10.1 Å². The van der Waals surface area contributed by atoms with Crippen molar-refractivity contribution in [2.75, 3.05) is 6.54 Å². The summed E-state index contributed by atoms with van der Waals surface area (Å²) in [5.41, 5.74) is -0.935. The van der Waals surface area contributed by atoms with Gasteiger partial charge in [-0.2, -0.15) is 13.2 Å². The van der Waals surface area contributed by atoms with Crippen molar-refractivity contribution in [1.82, 2.24) is 4.90 Å². The minimum atomic E-state index is -4.86. The Kier molecular flexibility index (Phi) is 7.80. The first kappa shape index (κ1) is 29.6. The molecule has 0 aromatic heterocycles. The number of nitrogens with zero attached hydrogens (tertiary/aromatic N) is 2. The number of allylic oxidation sites excluding steroid dienone is 4. The van der Waals surface area contributed by atoms with Crippen LogP contribution in [-0.4, -0.2) is 39.0 Å².